The van der Waals surface area contributed by atoms with Gasteiger partial charge in [0.2, 0.25) is 5.91 Å². The van der Waals surface area contributed by atoms with Crippen LogP contribution in [0.5, 0.6) is 0 Å². The Morgan fingerprint density at radius 2 is 1.84 bits per heavy atom. The van der Waals surface area contributed by atoms with Crippen molar-refractivity contribution in [2.75, 3.05) is 19.5 Å². The topological polar surface area (TPSA) is 71.8 Å². The lowest BCUT2D eigenvalue weighted by molar-refractivity contribution is -0.135. The zero-order valence-electron chi connectivity index (χ0n) is 24.4. The van der Waals surface area contributed by atoms with Crippen LogP contribution in [-0.2, 0) is 9.53 Å². The van der Waals surface area contributed by atoms with Gasteiger partial charge in [-0.25, -0.2) is 9.50 Å². The second kappa shape index (κ2) is 11.4. The average Bonchev–Trinajstić information content (AvgIpc) is 3.25. The number of nitrogens with one attached hydrogen (secondary N) is 1. The standard InChI is InChI=1S/C31H45N5O2/c1-20-9-11-23(12-10-20)17-27(37)35(7)29(31(4,5)6)24-13-15-25(16-14-24)34-26-18-32-36-19-21(2)33-30(36)28(26)22(3)38-8/h13-16,18-20,22-23,29,34H,9-12,17H2,1-8H3/t20?,22-,23?,29-/m0/s1. The van der Waals surface area contributed by atoms with E-state index in [4.69, 9.17) is 4.74 Å². The van der Waals surface area contributed by atoms with Gasteiger partial charge < -0.3 is 15.0 Å². The Morgan fingerprint density at radius 3 is 2.45 bits per heavy atom. The molecule has 2 heterocycles. The molecule has 38 heavy (non-hydrogen) atoms. The van der Waals surface area contributed by atoms with Gasteiger partial charge in [-0.1, -0.05) is 52.7 Å². The summed E-state index contributed by atoms with van der Waals surface area (Å²) in [6, 6.07) is 8.42. The van der Waals surface area contributed by atoms with Crippen LogP contribution in [0.2, 0.25) is 0 Å². The Kier molecular flexibility index (Phi) is 8.46. The van der Waals surface area contributed by atoms with Crippen LogP contribution in [0.4, 0.5) is 11.4 Å². The highest BCUT2D eigenvalue weighted by Crippen LogP contribution is 2.40. The summed E-state index contributed by atoms with van der Waals surface area (Å²) >= 11 is 0. The van der Waals surface area contributed by atoms with Crippen LogP contribution < -0.4 is 5.32 Å². The second-order valence-electron chi connectivity index (χ2n) is 12.4. The molecule has 1 aliphatic carbocycles. The third kappa shape index (κ3) is 6.20. The molecule has 1 amide bonds. The van der Waals surface area contributed by atoms with E-state index in [9.17, 15) is 4.79 Å². The van der Waals surface area contributed by atoms with E-state index in [1.807, 2.05) is 38.2 Å². The number of amides is 1. The highest BCUT2D eigenvalue weighted by Gasteiger charge is 2.33. The molecule has 0 saturated heterocycles. The van der Waals surface area contributed by atoms with E-state index in [1.165, 1.54) is 25.7 Å². The minimum absolute atomic E-state index is 0.0125. The van der Waals surface area contributed by atoms with E-state index in [-0.39, 0.29) is 23.5 Å². The number of aryl methyl sites for hydroxylation is 1. The summed E-state index contributed by atoms with van der Waals surface area (Å²) in [7, 11) is 3.68. The molecule has 1 N–H and O–H groups in total. The van der Waals surface area contributed by atoms with Gasteiger partial charge in [-0.2, -0.15) is 5.10 Å². The quantitative estimate of drug-likeness (QED) is 0.339. The lowest BCUT2D eigenvalue weighted by Crippen LogP contribution is -2.39. The second-order valence-corrected chi connectivity index (χ2v) is 12.4. The van der Waals surface area contributed by atoms with Gasteiger partial charge in [-0.05, 0) is 61.6 Å². The Hall–Kier alpha value is -2.93. The van der Waals surface area contributed by atoms with Crippen molar-refractivity contribution in [3.63, 3.8) is 0 Å². The first-order valence-electron chi connectivity index (χ1n) is 14.0. The zero-order valence-corrected chi connectivity index (χ0v) is 24.4. The zero-order chi connectivity index (χ0) is 27.6. The first kappa shape index (κ1) is 28.1. The highest BCUT2D eigenvalue weighted by molar-refractivity contribution is 5.77. The molecule has 0 unspecified atom stereocenters. The lowest BCUT2D eigenvalue weighted by Gasteiger charge is -2.39. The third-order valence-electron chi connectivity index (χ3n) is 8.12. The highest BCUT2D eigenvalue weighted by atomic mass is 16.5. The number of methoxy groups -OCH3 is 1. The number of hydrogen-bond acceptors (Lipinski definition) is 5. The third-order valence-corrected chi connectivity index (χ3v) is 8.12. The van der Waals surface area contributed by atoms with Crippen LogP contribution in [0, 0.1) is 24.2 Å². The van der Waals surface area contributed by atoms with Gasteiger partial charge in [0.1, 0.15) is 0 Å². The predicted molar refractivity (Wildman–Crippen MR) is 154 cm³/mol. The molecule has 4 rings (SSSR count). The molecule has 0 radical (unpaired) electrons. The molecular weight excluding hydrogens is 474 g/mol. The Morgan fingerprint density at radius 1 is 1.18 bits per heavy atom. The van der Waals surface area contributed by atoms with E-state index in [1.54, 1.807) is 11.6 Å². The van der Waals surface area contributed by atoms with Gasteiger partial charge in [-0.3, -0.25) is 4.79 Å². The van der Waals surface area contributed by atoms with Gasteiger partial charge in [0.15, 0.2) is 5.65 Å². The van der Waals surface area contributed by atoms with Gasteiger partial charge in [0, 0.05) is 26.3 Å². The predicted octanol–water partition coefficient (Wildman–Crippen LogP) is 7.25. The molecule has 0 spiro atoms. The van der Waals surface area contributed by atoms with Crippen LogP contribution in [-0.4, -0.2) is 39.6 Å². The smallest absolute Gasteiger partial charge is 0.223 e. The minimum Gasteiger partial charge on any atom is -0.377 e. The maximum atomic E-state index is 13.4. The van der Waals surface area contributed by atoms with Gasteiger partial charge in [-0.15, -0.1) is 0 Å². The van der Waals surface area contributed by atoms with E-state index < -0.39 is 0 Å². The lowest BCUT2D eigenvalue weighted by atomic mass is 9.79. The maximum Gasteiger partial charge on any atom is 0.223 e. The van der Waals surface area contributed by atoms with Crippen molar-refractivity contribution >= 4 is 22.9 Å². The summed E-state index contributed by atoms with van der Waals surface area (Å²) in [5.74, 6) is 1.56. The van der Waals surface area contributed by atoms with Crippen LogP contribution in [0.25, 0.3) is 5.65 Å². The van der Waals surface area contributed by atoms with Crippen LogP contribution >= 0.6 is 0 Å². The number of fused-ring (bicyclic) bond motifs is 1. The number of anilines is 2. The summed E-state index contributed by atoms with van der Waals surface area (Å²) in [6.07, 6.45) is 9.06. The van der Waals surface area contributed by atoms with Crippen LogP contribution in [0.15, 0.2) is 36.7 Å². The number of hydrogen-bond donors (Lipinski definition) is 1. The van der Waals surface area contributed by atoms with Crippen molar-refractivity contribution in [1.82, 2.24) is 19.5 Å². The van der Waals surface area contributed by atoms with Gasteiger partial charge >= 0.3 is 0 Å². The first-order valence-corrected chi connectivity index (χ1v) is 14.0. The monoisotopic (exact) mass is 519 g/mol. The molecule has 0 bridgehead atoms. The van der Waals surface area contributed by atoms with Gasteiger partial charge in [0.05, 0.1) is 41.5 Å². The average molecular weight is 520 g/mol. The fraction of sp³-hybridized carbons (Fsp3) is 0.581. The molecule has 2 aromatic heterocycles. The molecule has 0 aliphatic heterocycles. The van der Waals surface area contributed by atoms with Crippen LogP contribution in [0.1, 0.15) is 95.7 Å². The van der Waals surface area contributed by atoms with E-state index in [0.717, 1.165) is 39.8 Å². The summed E-state index contributed by atoms with van der Waals surface area (Å²) in [5.41, 5.74) is 5.52. The molecule has 1 saturated carbocycles. The number of benzene rings is 1. The molecule has 3 aromatic rings. The molecule has 1 fully saturated rings. The number of carbonyl (C=O) groups is 1. The fourth-order valence-corrected chi connectivity index (χ4v) is 5.96. The number of ether oxygens (including phenoxy) is 1. The fourth-order valence-electron chi connectivity index (χ4n) is 5.96. The molecule has 7 heteroatoms. The van der Waals surface area contributed by atoms with Crippen molar-refractivity contribution in [3.05, 3.63) is 53.5 Å². The van der Waals surface area contributed by atoms with Gasteiger partial charge in [0.25, 0.3) is 0 Å². The van der Waals surface area contributed by atoms with Crippen molar-refractivity contribution < 1.29 is 9.53 Å². The van der Waals surface area contributed by atoms with Crippen LogP contribution in [0.3, 0.4) is 0 Å². The minimum atomic E-state index is -0.151. The normalized spacial score (nSPS) is 19.8. The molecule has 1 aliphatic rings. The Balaban J connectivity index is 1.54. The Bertz CT molecular complexity index is 1240. The van der Waals surface area contributed by atoms with E-state index in [0.29, 0.717) is 12.3 Å². The summed E-state index contributed by atoms with van der Waals surface area (Å²) in [5, 5.41) is 8.07. The maximum absolute atomic E-state index is 13.4. The molecule has 7 nitrogen and oxygen atoms in total. The van der Waals surface area contributed by atoms with E-state index in [2.05, 4.69) is 67.4 Å². The number of carbonyl (C=O) groups excluding carboxylic acids is 1. The van der Waals surface area contributed by atoms with Crippen molar-refractivity contribution in [2.45, 2.75) is 85.8 Å². The SMILES string of the molecule is CO[C@@H](C)c1c(Nc2ccc([C@H](N(C)C(=O)CC3CCC(C)CC3)C(C)(C)C)cc2)cnn2cc(C)nc12. The van der Waals surface area contributed by atoms with Crippen molar-refractivity contribution in [1.29, 1.82) is 0 Å². The molecule has 1 aromatic carbocycles. The number of rotatable bonds is 8. The Labute approximate surface area is 228 Å². The summed E-state index contributed by atoms with van der Waals surface area (Å²) in [6.45, 7) is 12.9. The largest absolute Gasteiger partial charge is 0.377 e. The number of aromatic nitrogens is 3. The number of imidazole rings is 1. The van der Waals surface area contributed by atoms with E-state index >= 15 is 0 Å². The molecular formula is C31H45N5O2. The van der Waals surface area contributed by atoms with Crippen molar-refractivity contribution in [2.24, 2.45) is 17.3 Å². The first-order chi connectivity index (χ1) is 18.0. The summed E-state index contributed by atoms with van der Waals surface area (Å²) < 4.78 is 7.46. The molecule has 2 atom stereocenters. The number of nitrogens with zero attached hydrogens (tertiary/aromatic N) is 4. The van der Waals surface area contributed by atoms with Crippen molar-refractivity contribution in [3.8, 4) is 0 Å². The molecule has 206 valence electrons. The summed E-state index contributed by atoms with van der Waals surface area (Å²) in [4.78, 5) is 20.0.